The zero-order chi connectivity index (χ0) is 14.4. The molecule has 4 heteroatoms. The Kier molecular flexibility index (Phi) is 14.0. The van der Waals surface area contributed by atoms with Crippen LogP contribution >= 0.6 is 15.9 Å². The van der Waals surface area contributed by atoms with Gasteiger partial charge in [-0.15, -0.1) is 0 Å². The smallest absolute Gasteiger partial charge is 0.337 e. The quantitative estimate of drug-likeness (QED) is 0.228. The first kappa shape index (κ1) is 19.6. The van der Waals surface area contributed by atoms with Gasteiger partial charge in [0.15, 0.2) is 0 Å². The van der Waals surface area contributed by atoms with Crippen LogP contribution < -0.4 is 0 Å². The summed E-state index contributed by atoms with van der Waals surface area (Å²) in [5, 5.41) is 1.15. The van der Waals surface area contributed by atoms with Crippen LogP contribution in [0.4, 0.5) is 0 Å². The normalized spacial score (nSPS) is 12.0. The van der Waals surface area contributed by atoms with Gasteiger partial charge in [0, 0.05) is 19.5 Å². The summed E-state index contributed by atoms with van der Waals surface area (Å²) in [6, 6.07) is 2.33. The van der Waals surface area contributed by atoms with Crippen molar-refractivity contribution in [1.29, 1.82) is 0 Å². The molecule has 116 valence electrons. The van der Waals surface area contributed by atoms with Crippen molar-refractivity contribution in [2.75, 3.05) is 19.5 Å². The van der Waals surface area contributed by atoms with Gasteiger partial charge in [-0.2, -0.15) is 0 Å². The average Bonchev–Trinajstić information content (AvgIpc) is 2.45. The Balaban J connectivity index is 3.74. The first-order valence-corrected chi connectivity index (χ1v) is 11.3. The van der Waals surface area contributed by atoms with Gasteiger partial charge in [0.05, 0.1) is 0 Å². The van der Waals surface area contributed by atoms with Gasteiger partial charge >= 0.3 is 8.56 Å². The van der Waals surface area contributed by atoms with Crippen molar-refractivity contribution in [3.05, 3.63) is 0 Å². The first-order valence-electron chi connectivity index (χ1n) is 7.91. The van der Waals surface area contributed by atoms with Crippen LogP contribution in [0.1, 0.15) is 64.7 Å². The lowest BCUT2D eigenvalue weighted by atomic mass is 10.1. The second-order valence-electron chi connectivity index (χ2n) is 5.34. The van der Waals surface area contributed by atoms with E-state index >= 15 is 0 Å². The van der Waals surface area contributed by atoms with Crippen molar-refractivity contribution in [2.45, 2.75) is 76.8 Å². The Morgan fingerprint density at radius 2 is 1.21 bits per heavy atom. The number of hydrogen-bond acceptors (Lipinski definition) is 2. The molecule has 0 spiro atoms. The molecule has 2 nitrogen and oxygen atoms in total. The van der Waals surface area contributed by atoms with E-state index in [-0.39, 0.29) is 0 Å². The molecule has 0 rings (SSSR count). The molecule has 0 unspecified atom stereocenters. The maximum Gasteiger partial charge on any atom is 0.337 e. The fourth-order valence-corrected chi connectivity index (χ4v) is 5.66. The van der Waals surface area contributed by atoms with Crippen LogP contribution in [0.5, 0.6) is 0 Å². The highest BCUT2D eigenvalue weighted by atomic mass is 79.9. The van der Waals surface area contributed by atoms with Gasteiger partial charge in [0.2, 0.25) is 0 Å². The lowest BCUT2D eigenvalue weighted by Crippen LogP contribution is -2.39. The molecule has 0 amide bonds. The molecule has 0 aliphatic rings. The van der Waals surface area contributed by atoms with E-state index in [0.717, 1.165) is 11.4 Å². The van der Waals surface area contributed by atoms with E-state index in [1.807, 2.05) is 14.2 Å². The maximum absolute atomic E-state index is 5.79. The summed E-state index contributed by atoms with van der Waals surface area (Å²) in [6.45, 7) is 2.25. The first-order chi connectivity index (χ1) is 9.24. The molecule has 0 radical (unpaired) electrons. The van der Waals surface area contributed by atoms with E-state index in [1.54, 1.807) is 0 Å². The van der Waals surface area contributed by atoms with Gasteiger partial charge in [-0.3, -0.25) is 0 Å². The van der Waals surface area contributed by atoms with Crippen LogP contribution in [-0.4, -0.2) is 28.1 Å². The summed E-state index contributed by atoms with van der Waals surface area (Å²) >= 11 is 3.48. The van der Waals surface area contributed by atoms with Crippen LogP contribution in [-0.2, 0) is 8.85 Å². The van der Waals surface area contributed by atoms with Crippen molar-refractivity contribution < 1.29 is 8.85 Å². The molecule has 0 atom stereocenters. The second kappa shape index (κ2) is 13.6. The van der Waals surface area contributed by atoms with Crippen molar-refractivity contribution in [2.24, 2.45) is 0 Å². The lowest BCUT2D eigenvalue weighted by molar-refractivity contribution is 0.238. The fourth-order valence-electron chi connectivity index (χ4n) is 2.46. The molecule has 0 saturated heterocycles. The Morgan fingerprint density at radius 1 is 0.737 bits per heavy atom. The SMILES string of the molecule is CCCCC[Si](CCCCCCCCBr)(OC)OC. The molecular weight excluding hydrogens is 320 g/mol. The van der Waals surface area contributed by atoms with Crippen LogP contribution in [0, 0.1) is 0 Å². The van der Waals surface area contributed by atoms with Crippen molar-refractivity contribution in [3.63, 3.8) is 0 Å². The molecule has 19 heavy (non-hydrogen) atoms. The van der Waals surface area contributed by atoms with Gasteiger partial charge < -0.3 is 8.85 Å². The molecular formula is C15H33BrO2Si. The van der Waals surface area contributed by atoms with Crippen molar-refractivity contribution in [3.8, 4) is 0 Å². The Morgan fingerprint density at radius 3 is 1.68 bits per heavy atom. The Labute approximate surface area is 130 Å². The third-order valence-corrected chi connectivity index (χ3v) is 8.13. The molecule has 0 heterocycles. The largest absolute Gasteiger partial charge is 0.398 e. The average molecular weight is 353 g/mol. The van der Waals surface area contributed by atoms with Crippen molar-refractivity contribution >= 4 is 24.5 Å². The highest BCUT2D eigenvalue weighted by Gasteiger charge is 2.33. The zero-order valence-corrected chi connectivity index (χ0v) is 15.8. The van der Waals surface area contributed by atoms with E-state index < -0.39 is 8.56 Å². The van der Waals surface area contributed by atoms with E-state index in [4.69, 9.17) is 8.85 Å². The third-order valence-electron chi connectivity index (χ3n) is 3.85. The van der Waals surface area contributed by atoms with E-state index in [1.165, 1.54) is 63.8 Å². The molecule has 0 aromatic heterocycles. The van der Waals surface area contributed by atoms with Gasteiger partial charge in [0.1, 0.15) is 0 Å². The molecule has 0 saturated carbocycles. The van der Waals surface area contributed by atoms with Crippen LogP contribution in [0.15, 0.2) is 0 Å². The standard InChI is InChI=1S/C15H33BrO2Si/c1-4-5-11-14-19(17-2,18-3)15-12-9-7-6-8-10-13-16/h4-15H2,1-3H3. The predicted octanol–water partition coefficient (Wildman–Crippen LogP) is 5.65. The Hall–Kier alpha value is 0.617. The molecule has 0 aliphatic carbocycles. The summed E-state index contributed by atoms with van der Waals surface area (Å²) < 4.78 is 11.6. The van der Waals surface area contributed by atoms with Gasteiger partial charge in [-0.1, -0.05) is 74.2 Å². The van der Waals surface area contributed by atoms with Gasteiger partial charge in [-0.05, 0) is 18.5 Å². The van der Waals surface area contributed by atoms with Gasteiger partial charge in [-0.25, -0.2) is 0 Å². The molecule has 0 N–H and O–H groups in total. The summed E-state index contributed by atoms with van der Waals surface area (Å²) in [7, 11) is 1.83. The highest BCUT2D eigenvalue weighted by molar-refractivity contribution is 9.09. The summed E-state index contributed by atoms with van der Waals surface area (Å²) in [5.74, 6) is 0. The molecule has 0 aliphatic heterocycles. The fraction of sp³-hybridized carbons (Fsp3) is 1.00. The predicted molar refractivity (Wildman–Crippen MR) is 90.4 cm³/mol. The summed E-state index contributed by atoms with van der Waals surface area (Å²) in [5.41, 5.74) is 0. The number of unbranched alkanes of at least 4 members (excludes halogenated alkanes) is 7. The van der Waals surface area contributed by atoms with Gasteiger partial charge in [0.25, 0.3) is 0 Å². The summed E-state index contributed by atoms with van der Waals surface area (Å²) in [6.07, 6.45) is 11.8. The van der Waals surface area contributed by atoms with Crippen molar-refractivity contribution in [1.82, 2.24) is 0 Å². The van der Waals surface area contributed by atoms with Crippen LogP contribution in [0.2, 0.25) is 12.1 Å². The van der Waals surface area contributed by atoms with Crippen LogP contribution in [0.3, 0.4) is 0 Å². The zero-order valence-electron chi connectivity index (χ0n) is 13.2. The minimum atomic E-state index is -1.86. The summed E-state index contributed by atoms with van der Waals surface area (Å²) in [4.78, 5) is 0. The Bertz CT molecular complexity index is 187. The number of halogens is 1. The molecule has 0 aromatic rings. The minimum Gasteiger partial charge on any atom is -0.398 e. The third kappa shape index (κ3) is 10.0. The van der Waals surface area contributed by atoms with Crippen LogP contribution in [0.25, 0.3) is 0 Å². The lowest BCUT2D eigenvalue weighted by Gasteiger charge is -2.27. The maximum atomic E-state index is 5.79. The second-order valence-corrected chi connectivity index (χ2v) is 9.77. The molecule has 0 aromatic carbocycles. The number of hydrogen-bond donors (Lipinski definition) is 0. The number of rotatable bonds is 14. The van der Waals surface area contributed by atoms with E-state index in [0.29, 0.717) is 0 Å². The van der Waals surface area contributed by atoms with E-state index in [9.17, 15) is 0 Å². The molecule has 0 bridgehead atoms. The molecule has 0 fully saturated rings. The topological polar surface area (TPSA) is 18.5 Å². The number of alkyl halides is 1. The minimum absolute atomic E-state index is 1.15. The van der Waals surface area contributed by atoms with E-state index in [2.05, 4.69) is 22.9 Å². The monoisotopic (exact) mass is 352 g/mol. The highest BCUT2D eigenvalue weighted by Crippen LogP contribution is 2.24.